The summed E-state index contributed by atoms with van der Waals surface area (Å²) in [4.78, 5) is 33.8. The van der Waals surface area contributed by atoms with Gasteiger partial charge in [0.25, 0.3) is 0 Å². The molecule has 0 unspecified atom stereocenters. The summed E-state index contributed by atoms with van der Waals surface area (Å²) in [6.45, 7) is 3.69. The molecule has 1 saturated heterocycles. The number of nitrogens with one attached hydrogen (secondary N) is 3. The van der Waals surface area contributed by atoms with Crippen LogP contribution in [0, 0.1) is 0 Å². The van der Waals surface area contributed by atoms with Gasteiger partial charge in [0.05, 0.1) is 17.0 Å². The Hall–Kier alpha value is -4.65. The first kappa shape index (κ1) is 32.7. The minimum Gasteiger partial charge on any atom is -0.439 e. The first-order chi connectivity index (χ1) is 22.0. The molecule has 3 N–H and O–H groups in total. The smallest absolute Gasteiger partial charge is 0.326 e. The third kappa shape index (κ3) is 9.19. The minimum atomic E-state index is -3.35. The van der Waals surface area contributed by atoms with Gasteiger partial charge in [-0.2, -0.15) is 0 Å². The number of hydrogen-bond donors (Lipinski definition) is 3. The fraction of sp³-hybridized carbons (Fsp3) is 0.242. The van der Waals surface area contributed by atoms with Crippen molar-refractivity contribution in [3.63, 3.8) is 0 Å². The monoisotopic (exact) mass is 662 g/mol. The molecule has 240 valence electrons. The van der Waals surface area contributed by atoms with Gasteiger partial charge in [0, 0.05) is 61.9 Å². The van der Waals surface area contributed by atoms with E-state index in [2.05, 4.69) is 25.2 Å². The van der Waals surface area contributed by atoms with Crippen molar-refractivity contribution in [2.45, 2.75) is 32.4 Å². The third-order valence-electron chi connectivity index (χ3n) is 7.29. The Bertz CT molecular complexity index is 1760. The number of nitrogens with zero attached hydrogens (tertiary/aromatic N) is 3. The zero-order valence-corrected chi connectivity index (χ0v) is 27.0. The number of urea groups is 1. The maximum atomic E-state index is 13.7. The highest BCUT2D eigenvalue weighted by Crippen LogP contribution is 2.29. The van der Waals surface area contributed by atoms with Crippen molar-refractivity contribution < 1.29 is 22.7 Å². The first-order valence-corrected chi connectivity index (χ1v) is 16.9. The van der Waals surface area contributed by atoms with Gasteiger partial charge in [0.1, 0.15) is 5.75 Å². The highest BCUT2D eigenvalue weighted by atomic mass is 35.5. The largest absolute Gasteiger partial charge is 0.439 e. The number of likely N-dealkylation sites (tertiary alicyclic amines) is 1. The molecule has 3 aromatic carbocycles. The van der Waals surface area contributed by atoms with Gasteiger partial charge in [0.2, 0.25) is 21.8 Å². The second-order valence-electron chi connectivity index (χ2n) is 11.0. The van der Waals surface area contributed by atoms with Gasteiger partial charge in [-0.25, -0.2) is 18.2 Å². The van der Waals surface area contributed by atoms with Crippen LogP contribution < -0.4 is 25.0 Å². The van der Waals surface area contributed by atoms with E-state index in [1.54, 1.807) is 54.7 Å². The Morgan fingerprint density at radius 3 is 2.28 bits per heavy atom. The molecule has 3 amide bonds. The van der Waals surface area contributed by atoms with Crippen LogP contribution in [0.1, 0.15) is 25.3 Å². The fourth-order valence-corrected chi connectivity index (χ4v) is 5.97. The molecule has 46 heavy (non-hydrogen) atoms. The number of anilines is 4. The first-order valence-electron chi connectivity index (χ1n) is 14.7. The third-order valence-corrected chi connectivity index (χ3v) is 8.22. The Balaban J connectivity index is 1.18. The second kappa shape index (κ2) is 14.6. The van der Waals surface area contributed by atoms with Crippen molar-refractivity contribution in [1.82, 2.24) is 9.88 Å². The Morgan fingerprint density at radius 2 is 1.65 bits per heavy atom. The maximum Gasteiger partial charge on any atom is 0.326 e. The van der Waals surface area contributed by atoms with Crippen molar-refractivity contribution in [3.8, 4) is 11.6 Å². The average molecular weight is 663 g/mol. The number of benzene rings is 3. The van der Waals surface area contributed by atoms with Crippen molar-refractivity contribution in [2.75, 3.05) is 39.6 Å². The van der Waals surface area contributed by atoms with Gasteiger partial charge in [-0.1, -0.05) is 35.9 Å². The van der Waals surface area contributed by atoms with E-state index < -0.39 is 10.0 Å². The molecular weight excluding hydrogens is 628 g/mol. The number of sulfonamides is 1. The molecule has 0 spiro atoms. The van der Waals surface area contributed by atoms with E-state index in [0.29, 0.717) is 40.3 Å². The normalized spacial score (nSPS) is 13.9. The highest BCUT2D eigenvalue weighted by Gasteiger charge is 2.29. The highest BCUT2D eigenvalue weighted by molar-refractivity contribution is 7.92. The lowest BCUT2D eigenvalue weighted by molar-refractivity contribution is -0.114. The number of para-hydroxylation sites is 1. The van der Waals surface area contributed by atoms with Crippen LogP contribution in [0.25, 0.3) is 0 Å². The number of amides is 3. The molecule has 1 aliphatic rings. The van der Waals surface area contributed by atoms with Crippen LogP contribution in [0.5, 0.6) is 11.6 Å². The standard InChI is InChI=1S/C33H35ClN6O5S/c1-23(41)36-31-20-26(11-14-30(31)34)37-33(42)40(27-6-4-3-5-7-27)28-16-18-39(19-17-28)22-24-8-15-32(35-21-24)45-29-12-9-25(10-13-29)38-46(2,43)44/h3-15,20-21,28,38H,16-19,22H2,1-2H3,(H,36,41)(H,37,42). The molecule has 0 aliphatic carbocycles. The van der Waals surface area contributed by atoms with Crippen molar-refractivity contribution in [2.24, 2.45) is 0 Å². The molecule has 0 saturated carbocycles. The molecule has 0 bridgehead atoms. The molecule has 13 heteroatoms. The summed E-state index contributed by atoms with van der Waals surface area (Å²) in [7, 11) is -3.35. The number of carbonyl (C=O) groups is 2. The van der Waals surface area contributed by atoms with Gasteiger partial charge in [-0.15, -0.1) is 0 Å². The maximum absolute atomic E-state index is 13.7. The molecule has 1 aromatic heterocycles. The van der Waals surface area contributed by atoms with Crippen LogP contribution in [-0.2, 0) is 21.4 Å². The minimum absolute atomic E-state index is 0.0197. The van der Waals surface area contributed by atoms with E-state index >= 15 is 0 Å². The van der Waals surface area contributed by atoms with E-state index in [9.17, 15) is 18.0 Å². The van der Waals surface area contributed by atoms with Gasteiger partial charge >= 0.3 is 6.03 Å². The number of carbonyl (C=O) groups excluding carboxylic acids is 2. The Labute approximate surface area is 273 Å². The summed E-state index contributed by atoms with van der Waals surface area (Å²) in [5.74, 6) is 0.718. The van der Waals surface area contributed by atoms with Gasteiger partial charge in [-0.3, -0.25) is 19.3 Å². The van der Waals surface area contributed by atoms with E-state index in [1.165, 1.54) is 6.92 Å². The molecule has 4 aromatic rings. The number of aromatic nitrogens is 1. The lowest BCUT2D eigenvalue weighted by Crippen LogP contribution is -2.49. The zero-order chi connectivity index (χ0) is 32.7. The number of ether oxygens (including phenoxy) is 1. The summed E-state index contributed by atoms with van der Waals surface area (Å²) in [6, 6.07) is 24.7. The quantitative estimate of drug-likeness (QED) is 0.175. The van der Waals surface area contributed by atoms with Crippen LogP contribution in [0.15, 0.2) is 91.1 Å². The predicted molar refractivity (Wildman–Crippen MR) is 181 cm³/mol. The summed E-state index contributed by atoms with van der Waals surface area (Å²) in [5.41, 5.74) is 3.24. The number of rotatable bonds is 10. The summed E-state index contributed by atoms with van der Waals surface area (Å²) < 4.78 is 31.0. The number of hydrogen-bond acceptors (Lipinski definition) is 7. The predicted octanol–water partition coefficient (Wildman–Crippen LogP) is 6.56. The number of piperidine rings is 1. The van der Waals surface area contributed by atoms with Gasteiger partial charge in [0.15, 0.2) is 0 Å². The lowest BCUT2D eigenvalue weighted by atomic mass is 10.0. The molecule has 1 aliphatic heterocycles. The molecule has 0 atom stereocenters. The Kier molecular flexibility index (Phi) is 10.4. The molecule has 5 rings (SSSR count). The molecule has 0 radical (unpaired) electrons. The summed E-state index contributed by atoms with van der Waals surface area (Å²) in [5, 5.41) is 6.05. The van der Waals surface area contributed by atoms with Gasteiger partial charge < -0.3 is 15.4 Å². The zero-order valence-electron chi connectivity index (χ0n) is 25.4. The van der Waals surface area contributed by atoms with E-state index in [4.69, 9.17) is 16.3 Å². The Morgan fingerprint density at radius 1 is 0.957 bits per heavy atom. The van der Waals surface area contributed by atoms with Crippen molar-refractivity contribution in [1.29, 1.82) is 0 Å². The van der Waals surface area contributed by atoms with Crippen molar-refractivity contribution >= 4 is 56.3 Å². The number of halogens is 1. The van der Waals surface area contributed by atoms with Crippen LogP contribution in [0.2, 0.25) is 5.02 Å². The van der Waals surface area contributed by atoms with Crippen LogP contribution in [-0.4, -0.2) is 55.6 Å². The molecular formula is C33H35ClN6O5S. The molecule has 1 fully saturated rings. The van der Waals surface area contributed by atoms with Crippen LogP contribution in [0.3, 0.4) is 0 Å². The molecule has 2 heterocycles. The van der Waals surface area contributed by atoms with E-state index in [1.807, 2.05) is 41.3 Å². The van der Waals surface area contributed by atoms with Crippen LogP contribution in [0.4, 0.5) is 27.5 Å². The fourth-order valence-electron chi connectivity index (χ4n) is 5.24. The lowest BCUT2D eigenvalue weighted by Gasteiger charge is -2.38. The molecule has 11 nitrogen and oxygen atoms in total. The SMILES string of the molecule is CC(=O)Nc1cc(NC(=O)N(c2ccccc2)C2CCN(Cc3ccc(Oc4ccc(NS(C)(=O)=O)cc4)nc3)CC2)ccc1Cl. The van der Waals surface area contributed by atoms with Gasteiger partial charge in [-0.05, 0) is 73.0 Å². The summed E-state index contributed by atoms with van der Waals surface area (Å²) in [6.07, 6.45) is 4.43. The van der Waals surface area contributed by atoms with E-state index in [0.717, 1.165) is 43.4 Å². The topological polar surface area (TPSA) is 133 Å². The second-order valence-corrected chi connectivity index (χ2v) is 13.2. The average Bonchev–Trinajstić information content (AvgIpc) is 3.01. The van der Waals surface area contributed by atoms with Crippen molar-refractivity contribution in [3.05, 3.63) is 102 Å². The van der Waals surface area contributed by atoms with E-state index in [-0.39, 0.29) is 18.0 Å². The number of pyridine rings is 1. The van der Waals surface area contributed by atoms with Crippen LogP contribution >= 0.6 is 11.6 Å². The summed E-state index contributed by atoms with van der Waals surface area (Å²) >= 11 is 6.22.